The molecule has 1 saturated carbocycles. The molecule has 2 atom stereocenters. The van der Waals surface area contributed by atoms with E-state index in [1.54, 1.807) is 13.8 Å². The van der Waals surface area contributed by atoms with Gasteiger partial charge < -0.3 is 10.4 Å². The predicted octanol–water partition coefficient (Wildman–Crippen LogP) is 1.85. The van der Waals surface area contributed by atoms with Gasteiger partial charge in [-0.2, -0.15) is 0 Å². The summed E-state index contributed by atoms with van der Waals surface area (Å²) in [7, 11) is -3.37. The molecule has 0 aromatic heterocycles. The van der Waals surface area contributed by atoms with Crippen LogP contribution < -0.4 is 5.32 Å². The van der Waals surface area contributed by atoms with Crippen LogP contribution >= 0.6 is 0 Å². The zero-order chi connectivity index (χ0) is 17.2. The Bertz CT molecular complexity index is 694. The molecule has 1 fully saturated rings. The van der Waals surface area contributed by atoms with Crippen molar-refractivity contribution < 1.29 is 23.1 Å². The lowest BCUT2D eigenvalue weighted by molar-refractivity contribution is -0.142. The summed E-state index contributed by atoms with van der Waals surface area (Å²) in [6.07, 6.45) is 1.97. The first kappa shape index (κ1) is 17.5. The van der Waals surface area contributed by atoms with Gasteiger partial charge in [-0.05, 0) is 51.0 Å². The lowest BCUT2D eigenvalue weighted by atomic mass is 10.0. The molecule has 0 bridgehead atoms. The third-order valence-corrected chi connectivity index (χ3v) is 6.39. The summed E-state index contributed by atoms with van der Waals surface area (Å²) in [6, 6.07) is 5.35. The van der Waals surface area contributed by atoms with Crippen LogP contribution in [0.2, 0.25) is 0 Å². The van der Waals surface area contributed by atoms with E-state index in [4.69, 9.17) is 5.11 Å². The van der Waals surface area contributed by atoms with E-state index >= 15 is 0 Å². The van der Waals surface area contributed by atoms with Gasteiger partial charge in [0.2, 0.25) is 0 Å². The van der Waals surface area contributed by atoms with Crippen molar-refractivity contribution in [1.29, 1.82) is 0 Å². The smallest absolute Gasteiger partial charge is 0.308 e. The molecular weight excluding hydrogens is 318 g/mol. The van der Waals surface area contributed by atoms with Crippen LogP contribution in [0.1, 0.15) is 43.5 Å². The topological polar surface area (TPSA) is 101 Å². The van der Waals surface area contributed by atoms with Gasteiger partial charge in [-0.3, -0.25) is 9.59 Å². The number of carbonyl (C=O) groups is 2. The molecule has 0 aliphatic heterocycles. The molecule has 2 rings (SSSR count). The number of hydrogen-bond donors (Lipinski definition) is 2. The van der Waals surface area contributed by atoms with Gasteiger partial charge in [-0.25, -0.2) is 8.42 Å². The van der Waals surface area contributed by atoms with Crippen LogP contribution in [-0.4, -0.2) is 36.7 Å². The SMILES string of the molecule is CC(C)S(=O)(=O)c1ccc(C(=O)N[C@@H]2CCC[C@@H]2C(=O)O)cc1. The number of aliphatic carboxylic acids is 1. The van der Waals surface area contributed by atoms with Gasteiger partial charge in [0.15, 0.2) is 9.84 Å². The molecule has 0 spiro atoms. The normalized spacial score (nSPS) is 21.3. The van der Waals surface area contributed by atoms with Gasteiger partial charge in [-0.1, -0.05) is 6.42 Å². The van der Waals surface area contributed by atoms with Crippen molar-refractivity contribution >= 4 is 21.7 Å². The zero-order valence-corrected chi connectivity index (χ0v) is 14.0. The standard InChI is InChI=1S/C16H21NO5S/c1-10(2)23(21,22)12-8-6-11(7-9-12)15(18)17-14-5-3-4-13(14)16(19)20/h6-10,13-14H,3-5H2,1-2H3,(H,17,18)(H,19,20)/t13-,14+/m0/s1. The number of benzene rings is 1. The summed E-state index contributed by atoms with van der Waals surface area (Å²) in [4.78, 5) is 23.5. The number of rotatable bonds is 5. The van der Waals surface area contributed by atoms with Crippen molar-refractivity contribution in [3.63, 3.8) is 0 Å². The molecule has 0 radical (unpaired) electrons. The molecule has 126 valence electrons. The quantitative estimate of drug-likeness (QED) is 0.852. The fourth-order valence-electron chi connectivity index (χ4n) is 2.75. The molecule has 7 heteroatoms. The number of carboxylic acids is 1. The van der Waals surface area contributed by atoms with E-state index < -0.39 is 27.0 Å². The van der Waals surface area contributed by atoms with Crippen molar-refractivity contribution in [2.24, 2.45) is 5.92 Å². The minimum atomic E-state index is -3.37. The second-order valence-corrected chi connectivity index (χ2v) is 8.58. The molecule has 1 aromatic rings. The molecule has 1 amide bonds. The molecule has 2 N–H and O–H groups in total. The zero-order valence-electron chi connectivity index (χ0n) is 13.2. The van der Waals surface area contributed by atoms with Crippen molar-refractivity contribution in [3.8, 4) is 0 Å². The molecule has 0 heterocycles. The minimum Gasteiger partial charge on any atom is -0.481 e. The van der Waals surface area contributed by atoms with E-state index in [1.807, 2.05) is 0 Å². The molecule has 1 aliphatic carbocycles. The molecule has 0 unspecified atom stereocenters. The van der Waals surface area contributed by atoms with E-state index in [0.717, 1.165) is 6.42 Å². The molecule has 1 aliphatic rings. The summed E-state index contributed by atoms with van der Waals surface area (Å²) < 4.78 is 24.1. The summed E-state index contributed by atoms with van der Waals surface area (Å²) >= 11 is 0. The van der Waals surface area contributed by atoms with Crippen molar-refractivity contribution in [3.05, 3.63) is 29.8 Å². The minimum absolute atomic E-state index is 0.174. The molecule has 23 heavy (non-hydrogen) atoms. The Hall–Kier alpha value is -1.89. The van der Waals surface area contributed by atoms with Crippen LogP contribution in [0.25, 0.3) is 0 Å². The first-order valence-corrected chi connectivity index (χ1v) is 9.15. The maximum Gasteiger partial charge on any atom is 0.308 e. The van der Waals surface area contributed by atoms with Crippen LogP contribution in [0.5, 0.6) is 0 Å². The number of carboxylic acid groups (broad SMARTS) is 1. The number of carbonyl (C=O) groups excluding carboxylic acids is 1. The van der Waals surface area contributed by atoms with Crippen molar-refractivity contribution in [2.45, 2.75) is 49.3 Å². The highest BCUT2D eigenvalue weighted by atomic mass is 32.2. The monoisotopic (exact) mass is 339 g/mol. The fraction of sp³-hybridized carbons (Fsp3) is 0.500. The van der Waals surface area contributed by atoms with Gasteiger partial charge in [0.05, 0.1) is 16.1 Å². The van der Waals surface area contributed by atoms with Gasteiger partial charge in [0, 0.05) is 11.6 Å². The Morgan fingerprint density at radius 2 is 1.78 bits per heavy atom. The van der Waals surface area contributed by atoms with Crippen LogP contribution in [0.4, 0.5) is 0 Å². The van der Waals surface area contributed by atoms with Crippen LogP contribution in [0, 0.1) is 5.92 Å². The van der Waals surface area contributed by atoms with Crippen LogP contribution in [0.3, 0.4) is 0 Å². The summed E-state index contributed by atoms with van der Waals surface area (Å²) in [5.74, 6) is -1.83. The molecular formula is C16H21NO5S. The summed E-state index contributed by atoms with van der Waals surface area (Å²) in [5.41, 5.74) is 0.323. The Kier molecular flexibility index (Phi) is 5.09. The number of sulfone groups is 1. The van der Waals surface area contributed by atoms with Gasteiger partial charge in [0.1, 0.15) is 0 Å². The first-order chi connectivity index (χ1) is 10.7. The van der Waals surface area contributed by atoms with Gasteiger partial charge in [-0.15, -0.1) is 0 Å². The average Bonchev–Trinajstić information content (AvgIpc) is 2.95. The van der Waals surface area contributed by atoms with Crippen molar-refractivity contribution in [1.82, 2.24) is 5.32 Å². The number of nitrogens with one attached hydrogen (secondary N) is 1. The maximum atomic E-state index is 12.2. The lowest BCUT2D eigenvalue weighted by Crippen LogP contribution is -2.40. The second-order valence-electron chi connectivity index (χ2n) is 6.07. The third-order valence-electron chi connectivity index (χ3n) is 4.22. The van der Waals surface area contributed by atoms with Crippen LogP contribution in [-0.2, 0) is 14.6 Å². The largest absolute Gasteiger partial charge is 0.481 e. The Morgan fingerprint density at radius 1 is 1.17 bits per heavy atom. The average molecular weight is 339 g/mol. The van der Waals surface area contributed by atoms with Crippen molar-refractivity contribution in [2.75, 3.05) is 0 Å². The highest BCUT2D eigenvalue weighted by Gasteiger charge is 2.34. The van der Waals surface area contributed by atoms with E-state index in [2.05, 4.69) is 5.32 Å². The Morgan fingerprint density at radius 3 is 2.30 bits per heavy atom. The fourth-order valence-corrected chi connectivity index (χ4v) is 3.81. The Labute approximate surface area is 135 Å². The number of hydrogen-bond acceptors (Lipinski definition) is 4. The maximum absolute atomic E-state index is 12.2. The van der Waals surface area contributed by atoms with Gasteiger partial charge >= 0.3 is 5.97 Å². The molecule has 1 aromatic carbocycles. The van der Waals surface area contributed by atoms with E-state index in [9.17, 15) is 18.0 Å². The highest BCUT2D eigenvalue weighted by Crippen LogP contribution is 2.26. The lowest BCUT2D eigenvalue weighted by Gasteiger charge is -2.17. The summed E-state index contributed by atoms with van der Waals surface area (Å²) in [6.45, 7) is 3.20. The third kappa shape index (κ3) is 3.72. The van der Waals surface area contributed by atoms with E-state index in [-0.39, 0.29) is 16.8 Å². The van der Waals surface area contributed by atoms with E-state index in [1.165, 1.54) is 24.3 Å². The molecule has 6 nitrogen and oxygen atoms in total. The highest BCUT2D eigenvalue weighted by molar-refractivity contribution is 7.92. The van der Waals surface area contributed by atoms with Gasteiger partial charge in [0.25, 0.3) is 5.91 Å². The predicted molar refractivity (Wildman–Crippen MR) is 85.0 cm³/mol. The Balaban J connectivity index is 2.11. The van der Waals surface area contributed by atoms with E-state index in [0.29, 0.717) is 18.4 Å². The molecule has 0 saturated heterocycles. The summed E-state index contributed by atoms with van der Waals surface area (Å²) in [5, 5.41) is 11.3. The first-order valence-electron chi connectivity index (χ1n) is 7.61. The number of amides is 1. The second kappa shape index (κ2) is 6.70. The van der Waals surface area contributed by atoms with Crippen LogP contribution in [0.15, 0.2) is 29.2 Å².